The highest BCUT2D eigenvalue weighted by Gasteiger charge is 2.20. The molecule has 0 saturated carbocycles. The van der Waals surface area contributed by atoms with Gasteiger partial charge in [-0.05, 0) is 36.8 Å². The number of carbonyl (C=O) groups excluding carboxylic acids is 2. The number of hydrogen-bond donors (Lipinski definition) is 1. The summed E-state index contributed by atoms with van der Waals surface area (Å²) in [4.78, 5) is 31.2. The molecular weight excluding hydrogens is 350 g/mol. The monoisotopic (exact) mass is 369 g/mol. The fraction of sp³-hybridized carbons (Fsp3) is 0.211. The van der Waals surface area contributed by atoms with Gasteiger partial charge < -0.3 is 14.6 Å². The predicted molar refractivity (Wildman–Crippen MR) is 100 cm³/mol. The number of furan rings is 1. The van der Waals surface area contributed by atoms with E-state index in [-0.39, 0.29) is 11.8 Å². The van der Waals surface area contributed by atoms with Crippen molar-refractivity contribution in [2.45, 2.75) is 13.5 Å². The van der Waals surface area contributed by atoms with Crippen LogP contribution in [0.25, 0.3) is 10.8 Å². The van der Waals surface area contributed by atoms with Gasteiger partial charge in [0.2, 0.25) is 0 Å². The summed E-state index contributed by atoms with van der Waals surface area (Å²) >= 11 is 1.43. The highest BCUT2D eigenvalue weighted by molar-refractivity contribution is 7.15. The van der Waals surface area contributed by atoms with Crippen LogP contribution in [0.2, 0.25) is 0 Å². The van der Waals surface area contributed by atoms with E-state index in [1.807, 2.05) is 25.1 Å². The van der Waals surface area contributed by atoms with Crippen molar-refractivity contribution in [2.24, 2.45) is 0 Å². The smallest absolute Gasteiger partial charge is 0.273 e. The minimum absolute atomic E-state index is 0.135. The van der Waals surface area contributed by atoms with Crippen LogP contribution in [0.3, 0.4) is 0 Å². The Morgan fingerprint density at radius 2 is 1.96 bits per heavy atom. The van der Waals surface area contributed by atoms with Gasteiger partial charge in [0.15, 0.2) is 10.8 Å². The second kappa shape index (κ2) is 7.53. The van der Waals surface area contributed by atoms with E-state index in [9.17, 15) is 9.59 Å². The molecule has 0 bridgehead atoms. The molecule has 3 aromatic rings. The largest absolute Gasteiger partial charge is 0.462 e. The molecule has 0 saturated heterocycles. The lowest BCUT2D eigenvalue weighted by Gasteiger charge is -2.16. The summed E-state index contributed by atoms with van der Waals surface area (Å²) < 4.78 is 5.35. The molecule has 0 spiro atoms. The summed E-state index contributed by atoms with van der Waals surface area (Å²) in [6.45, 7) is 2.31. The third kappa shape index (κ3) is 3.67. The molecular formula is C19H19N3O3S. The van der Waals surface area contributed by atoms with E-state index in [2.05, 4.69) is 10.3 Å². The zero-order valence-corrected chi connectivity index (χ0v) is 15.6. The van der Waals surface area contributed by atoms with Gasteiger partial charge in [-0.1, -0.05) is 12.1 Å². The molecule has 1 aromatic carbocycles. The van der Waals surface area contributed by atoms with E-state index in [1.165, 1.54) is 11.3 Å². The van der Waals surface area contributed by atoms with Crippen molar-refractivity contribution in [1.29, 1.82) is 0 Å². The minimum Gasteiger partial charge on any atom is -0.462 e. The topological polar surface area (TPSA) is 75.4 Å². The van der Waals surface area contributed by atoms with Gasteiger partial charge in [0.1, 0.15) is 5.69 Å². The lowest BCUT2D eigenvalue weighted by Crippen LogP contribution is -2.27. The normalized spacial score (nSPS) is 10.6. The van der Waals surface area contributed by atoms with E-state index in [1.54, 1.807) is 43.5 Å². The first kappa shape index (κ1) is 17.9. The van der Waals surface area contributed by atoms with Crippen LogP contribution in [-0.4, -0.2) is 35.8 Å². The Hall–Kier alpha value is -2.93. The number of aromatic nitrogens is 1. The van der Waals surface area contributed by atoms with E-state index in [0.717, 1.165) is 10.4 Å². The molecule has 26 heavy (non-hydrogen) atoms. The third-order valence-corrected chi connectivity index (χ3v) is 4.93. The number of nitrogens with one attached hydrogen (secondary N) is 1. The molecule has 2 amide bonds. The Morgan fingerprint density at radius 3 is 2.58 bits per heavy atom. The molecule has 134 valence electrons. The highest BCUT2D eigenvalue weighted by atomic mass is 32.1. The maximum atomic E-state index is 12.7. The highest BCUT2D eigenvalue weighted by Crippen LogP contribution is 2.28. The van der Waals surface area contributed by atoms with Crippen molar-refractivity contribution in [3.63, 3.8) is 0 Å². The van der Waals surface area contributed by atoms with Gasteiger partial charge in [-0.3, -0.25) is 9.59 Å². The number of carbonyl (C=O) groups is 2. The fourth-order valence-electron chi connectivity index (χ4n) is 2.53. The second-order valence-electron chi connectivity index (χ2n) is 5.84. The lowest BCUT2D eigenvalue weighted by molar-refractivity contribution is 0.0779. The lowest BCUT2D eigenvalue weighted by atomic mass is 10.1. The van der Waals surface area contributed by atoms with Crippen molar-refractivity contribution < 1.29 is 14.0 Å². The predicted octanol–water partition coefficient (Wildman–Crippen LogP) is 3.34. The number of aryl methyl sites for hydroxylation is 1. The van der Waals surface area contributed by atoms with E-state index < -0.39 is 0 Å². The summed E-state index contributed by atoms with van der Waals surface area (Å²) in [6.07, 6.45) is 1.59. The number of amides is 2. The molecule has 3 rings (SSSR count). The molecule has 0 aliphatic rings. The summed E-state index contributed by atoms with van der Waals surface area (Å²) in [5.74, 6) is 0.376. The summed E-state index contributed by atoms with van der Waals surface area (Å²) in [6, 6.07) is 10.8. The zero-order chi connectivity index (χ0) is 18.7. The Morgan fingerprint density at radius 1 is 1.23 bits per heavy atom. The first-order chi connectivity index (χ1) is 12.5. The van der Waals surface area contributed by atoms with E-state index in [0.29, 0.717) is 28.6 Å². The van der Waals surface area contributed by atoms with Crippen molar-refractivity contribution in [3.8, 4) is 10.8 Å². The molecule has 0 aliphatic carbocycles. The second-order valence-corrected chi connectivity index (χ2v) is 7.04. The first-order valence-corrected chi connectivity index (χ1v) is 8.89. The van der Waals surface area contributed by atoms with Gasteiger partial charge in [0, 0.05) is 31.1 Å². The van der Waals surface area contributed by atoms with Gasteiger partial charge in [-0.2, -0.15) is 0 Å². The Bertz CT molecular complexity index is 914. The number of benzene rings is 1. The first-order valence-electron chi connectivity index (χ1n) is 8.07. The molecule has 0 atom stereocenters. The number of thiazole rings is 1. The van der Waals surface area contributed by atoms with Crippen molar-refractivity contribution >= 4 is 23.2 Å². The van der Waals surface area contributed by atoms with Gasteiger partial charge in [-0.15, -0.1) is 11.3 Å². The third-order valence-electron chi connectivity index (χ3n) is 3.94. The SMILES string of the molecule is CNC(=O)c1ccc(CN(C)C(=O)c2nc(-c3ccco3)sc2C)cc1. The van der Waals surface area contributed by atoms with Crippen LogP contribution in [0, 0.1) is 6.92 Å². The van der Waals surface area contributed by atoms with Crippen LogP contribution in [0.15, 0.2) is 47.1 Å². The molecule has 6 nitrogen and oxygen atoms in total. The molecule has 2 aromatic heterocycles. The van der Waals surface area contributed by atoms with Crippen LogP contribution >= 0.6 is 11.3 Å². The molecule has 7 heteroatoms. The molecule has 0 fully saturated rings. The van der Waals surface area contributed by atoms with Crippen molar-refractivity contribution in [3.05, 3.63) is 64.4 Å². The van der Waals surface area contributed by atoms with Crippen LogP contribution in [0.1, 0.15) is 31.3 Å². The van der Waals surface area contributed by atoms with E-state index >= 15 is 0 Å². The van der Waals surface area contributed by atoms with Crippen LogP contribution in [0.5, 0.6) is 0 Å². The fourth-order valence-corrected chi connectivity index (χ4v) is 3.41. The van der Waals surface area contributed by atoms with Gasteiger partial charge >= 0.3 is 0 Å². The number of hydrogen-bond acceptors (Lipinski definition) is 5. The maximum Gasteiger partial charge on any atom is 0.273 e. The van der Waals surface area contributed by atoms with Crippen molar-refractivity contribution in [1.82, 2.24) is 15.2 Å². The Balaban J connectivity index is 1.73. The minimum atomic E-state index is -0.146. The van der Waals surface area contributed by atoms with E-state index in [4.69, 9.17) is 4.42 Å². The maximum absolute atomic E-state index is 12.7. The Kier molecular flexibility index (Phi) is 5.18. The molecule has 1 N–H and O–H groups in total. The number of nitrogens with zero attached hydrogens (tertiary/aromatic N) is 2. The molecule has 0 unspecified atom stereocenters. The van der Waals surface area contributed by atoms with Gasteiger partial charge in [0.25, 0.3) is 11.8 Å². The average molecular weight is 369 g/mol. The standard InChI is InChI=1S/C19H19N3O3S/c1-12-16(21-18(26-12)15-5-4-10-25-15)19(24)22(3)11-13-6-8-14(9-7-13)17(23)20-2/h4-10H,11H2,1-3H3,(H,20,23). The quantitative estimate of drug-likeness (QED) is 0.748. The zero-order valence-electron chi connectivity index (χ0n) is 14.8. The Labute approximate surface area is 155 Å². The van der Waals surface area contributed by atoms with Crippen LogP contribution in [-0.2, 0) is 6.54 Å². The summed E-state index contributed by atoms with van der Waals surface area (Å²) in [5, 5.41) is 3.28. The number of rotatable bonds is 5. The van der Waals surface area contributed by atoms with Crippen LogP contribution in [0.4, 0.5) is 0 Å². The van der Waals surface area contributed by atoms with Gasteiger partial charge in [0.05, 0.1) is 6.26 Å². The summed E-state index contributed by atoms with van der Waals surface area (Å²) in [5.41, 5.74) is 1.96. The van der Waals surface area contributed by atoms with Crippen LogP contribution < -0.4 is 5.32 Å². The molecule has 0 radical (unpaired) electrons. The van der Waals surface area contributed by atoms with Crippen molar-refractivity contribution in [2.75, 3.05) is 14.1 Å². The molecule has 0 aliphatic heterocycles. The molecule has 2 heterocycles. The van der Waals surface area contributed by atoms with Gasteiger partial charge in [-0.25, -0.2) is 4.98 Å². The summed E-state index contributed by atoms with van der Waals surface area (Å²) in [7, 11) is 3.33. The average Bonchev–Trinajstić information content (AvgIpc) is 3.30.